The van der Waals surface area contributed by atoms with Crippen LogP contribution in [-0.2, 0) is 13.6 Å². The van der Waals surface area contributed by atoms with Crippen molar-refractivity contribution < 1.29 is 4.79 Å². The second-order valence-electron chi connectivity index (χ2n) is 4.55. The van der Waals surface area contributed by atoms with Crippen LogP contribution in [0.1, 0.15) is 16.1 Å². The van der Waals surface area contributed by atoms with Crippen LogP contribution in [0.5, 0.6) is 0 Å². The van der Waals surface area contributed by atoms with E-state index in [-0.39, 0.29) is 5.91 Å². The Morgan fingerprint density at radius 3 is 3.00 bits per heavy atom. The van der Waals surface area contributed by atoms with Gasteiger partial charge in [-0.1, -0.05) is 6.07 Å². The lowest BCUT2D eigenvalue weighted by molar-refractivity contribution is 0.0950. The summed E-state index contributed by atoms with van der Waals surface area (Å²) < 4.78 is 1.83. The van der Waals surface area contributed by atoms with Crippen molar-refractivity contribution >= 4 is 17.2 Å². The van der Waals surface area contributed by atoms with E-state index in [0.717, 1.165) is 16.3 Å². The molecule has 1 N–H and O–H groups in total. The van der Waals surface area contributed by atoms with E-state index in [9.17, 15) is 4.79 Å². The average Bonchev–Trinajstić information content (AvgIpc) is 3.15. The molecule has 0 bridgehead atoms. The fourth-order valence-electron chi connectivity index (χ4n) is 2.04. The van der Waals surface area contributed by atoms with Crippen molar-refractivity contribution in [3.8, 4) is 10.6 Å². The summed E-state index contributed by atoms with van der Waals surface area (Å²) in [5, 5.41) is 9.31. The van der Waals surface area contributed by atoms with Gasteiger partial charge >= 0.3 is 0 Å². The van der Waals surface area contributed by atoms with Gasteiger partial charge in [0.1, 0.15) is 0 Å². The third-order valence-electron chi connectivity index (χ3n) is 3.06. The Bertz CT molecular complexity index is 734. The zero-order valence-electron chi connectivity index (χ0n) is 11.5. The van der Waals surface area contributed by atoms with Gasteiger partial charge in [-0.25, -0.2) is 0 Å². The number of thiophene rings is 1. The van der Waals surface area contributed by atoms with Crippen LogP contribution in [0.15, 0.2) is 48.1 Å². The highest BCUT2D eigenvalue weighted by Crippen LogP contribution is 2.24. The number of hydrogen-bond acceptors (Lipinski definition) is 4. The molecule has 3 aromatic heterocycles. The van der Waals surface area contributed by atoms with Gasteiger partial charge in [-0.3, -0.25) is 14.5 Å². The lowest BCUT2D eigenvalue weighted by Gasteiger charge is -2.02. The average molecular weight is 298 g/mol. The second-order valence-corrected chi connectivity index (χ2v) is 5.49. The number of pyridine rings is 1. The molecule has 0 fully saturated rings. The van der Waals surface area contributed by atoms with Crippen molar-refractivity contribution in [2.45, 2.75) is 6.54 Å². The molecule has 1 amide bonds. The fraction of sp³-hybridized carbons (Fsp3) is 0.133. The molecule has 3 rings (SSSR count). The molecular weight excluding hydrogens is 284 g/mol. The number of nitrogens with one attached hydrogen (secondary N) is 1. The molecule has 0 saturated carbocycles. The van der Waals surface area contributed by atoms with Crippen molar-refractivity contribution in [1.29, 1.82) is 0 Å². The number of aryl methyl sites for hydroxylation is 1. The highest BCUT2D eigenvalue weighted by atomic mass is 32.1. The van der Waals surface area contributed by atoms with Crippen LogP contribution < -0.4 is 5.32 Å². The lowest BCUT2D eigenvalue weighted by atomic mass is 10.2. The summed E-state index contributed by atoms with van der Waals surface area (Å²) in [5.74, 6) is -0.147. The highest BCUT2D eigenvalue weighted by molar-refractivity contribution is 7.13. The molecule has 0 atom stereocenters. The molecule has 0 aromatic carbocycles. The van der Waals surface area contributed by atoms with Crippen LogP contribution in [0.2, 0.25) is 0 Å². The van der Waals surface area contributed by atoms with Crippen LogP contribution in [0, 0.1) is 0 Å². The van der Waals surface area contributed by atoms with Gasteiger partial charge in [0.25, 0.3) is 5.91 Å². The van der Waals surface area contributed by atoms with Gasteiger partial charge in [0.15, 0.2) is 0 Å². The van der Waals surface area contributed by atoms with Crippen molar-refractivity contribution in [3.63, 3.8) is 0 Å². The standard InChI is InChI=1S/C15H14N4OS/c1-19-13(14-5-3-7-21-14)8-12(18-19)10-17-15(20)11-4-2-6-16-9-11/h2-9H,10H2,1H3,(H,17,20). The monoisotopic (exact) mass is 298 g/mol. The Hall–Kier alpha value is -2.47. The molecule has 3 heterocycles. The first kappa shape index (κ1) is 13.5. The first-order chi connectivity index (χ1) is 10.2. The van der Waals surface area contributed by atoms with E-state index in [2.05, 4.69) is 21.5 Å². The van der Waals surface area contributed by atoms with Gasteiger partial charge in [0, 0.05) is 19.4 Å². The zero-order valence-corrected chi connectivity index (χ0v) is 12.3. The third kappa shape index (κ3) is 3.00. The number of hydrogen-bond donors (Lipinski definition) is 1. The Labute approximate surface area is 126 Å². The smallest absolute Gasteiger partial charge is 0.253 e. The van der Waals surface area contributed by atoms with E-state index in [1.54, 1.807) is 35.9 Å². The number of rotatable bonds is 4. The van der Waals surface area contributed by atoms with Crippen molar-refractivity contribution in [3.05, 3.63) is 59.4 Å². The van der Waals surface area contributed by atoms with E-state index < -0.39 is 0 Å². The van der Waals surface area contributed by atoms with Gasteiger partial charge in [0.05, 0.1) is 28.4 Å². The Morgan fingerprint density at radius 2 is 2.29 bits per heavy atom. The van der Waals surface area contributed by atoms with Crippen molar-refractivity contribution in [2.75, 3.05) is 0 Å². The normalized spacial score (nSPS) is 10.5. The minimum Gasteiger partial charge on any atom is -0.346 e. The molecule has 0 aliphatic heterocycles. The van der Waals surface area contributed by atoms with Crippen molar-refractivity contribution in [1.82, 2.24) is 20.1 Å². The molecule has 6 heteroatoms. The number of nitrogens with zero attached hydrogens (tertiary/aromatic N) is 3. The maximum absolute atomic E-state index is 12.0. The number of amides is 1. The first-order valence-electron chi connectivity index (χ1n) is 6.49. The maximum atomic E-state index is 12.0. The summed E-state index contributed by atoms with van der Waals surface area (Å²) in [7, 11) is 1.90. The predicted molar refractivity (Wildman–Crippen MR) is 81.9 cm³/mol. The van der Waals surface area contributed by atoms with E-state index in [1.165, 1.54) is 0 Å². The SMILES string of the molecule is Cn1nc(CNC(=O)c2cccnc2)cc1-c1cccs1. The topological polar surface area (TPSA) is 59.8 Å². The summed E-state index contributed by atoms with van der Waals surface area (Å²) in [6.07, 6.45) is 3.19. The molecule has 0 aliphatic carbocycles. The molecule has 3 aromatic rings. The fourth-order valence-corrected chi connectivity index (χ4v) is 2.81. The maximum Gasteiger partial charge on any atom is 0.253 e. The number of carbonyl (C=O) groups excluding carboxylic acids is 1. The number of carbonyl (C=O) groups is 1. The molecule has 21 heavy (non-hydrogen) atoms. The molecule has 0 unspecified atom stereocenters. The Morgan fingerprint density at radius 1 is 1.38 bits per heavy atom. The Balaban J connectivity index is 1.69. The van der Waals surface area contributed by atoms with E-state index >= 15 is 0 Å². The van der Waals surface area contributed by atoms with Gasteiger partial charge in [0.2, 0.25) is 0 Å². The van der Waals surface area contributed by atoms with Gasteiger partial charge in [-0.15, -0.1) is 11.3 Å². The first-order valence-corrected chi connectivity index (χ1v) is 7.37. The Kier molecular flexibility index (Phi) is 3.79. The van der Waals surface area contributed by atoms with Crippen LogP contribution in [0.25, 0.3) is 10.6 Å². The molecule has 106 valence electrons. The second kappa shape index (κ2) is 5.88. The summed E-state index contributed by atoms with van der Waals surface area (Å²) >= 11 is 1.67. The summed E-state index contributed by atoms with van der Waals surface area (Å²) in [6.45, 7) is 0.396. The van der Waals surface area contributed by atoms with E-state index in [1.807, 2.05) is 29.2 Å². The molecule has 0 radical (unpaired) electrons. The minimum absolute atomic E-state index is 0.147. The van der Waals surface area contributed by atoms with Gasteiger partial charge < -0.3 is 5.32 Å². The molecule has 0 spiro atoms. The molecule has 0 aliphatic rings. The summed E-state index contributed by atoms with van der Waals surface area (Å²) in [6, 6.07) is 9.54. The third-order valence-corrected chi connectivity index (χ3v) is 3.95. The largest absolute Gasteiger partial charge is 0.346 e. The summed E-state index contributed by atoms with van der Waals surface area (Å²) in [5.41, 5.74) is 2.43. The quantitative estimate of drug-likeness (QED) is 0.805. The number of aromatic nitrogens is 3. The van der Waals surface area contributed by atoms with E-state index in [0.29, 0.717) is 12.1 Å². The molecular formula is C15H14N4OS. The zero-order chi connectivity index (χ0) is 14.7. The minimum atomic E-state index is -0.147. The van der Waals surface area contributed by atoms with E-state index in [4.69, 9.17) is 0 Å². The van der Waals surface area contributed by atoms with Gasteiger partial charge in [-0.2, -0.15) is 5.10 Å². The van der Waals surface area contributed by atoms with Gasteiger partial charge in [-0.05, 0) is 29.6 Å². The lowest BCUT2D eigenvalue weighted by Crippen LogP contribution is -2.23. The van der Waals surface area contributed by atoms with Crippen LogP contribution in [0.4, 0.5) is 0 Å². The van der Waals surface area contributed by atoms with Crippen LogP contribution >= 0.6 is 11.3 Å². The highest BCUT2D eigenvalue weighted by Gasteiger charge is 2.10. The van der Waals surface area contributed by atoms with Crippen LogP contribution in [-0.4, -0.2) is 20.7 Å². The predicted octanol–water partition coefficient (Wildman–Crippen LogP) is 2.47. The van der Waals surface area contributed by atoms with Crippen molar-refractivity contribution in [2.24, 2.45) is 7.05 Å². The summed E-state index contributed by atoms with van der Waals surface area (Å²) in [4.78, 5) is 17.1. The van der Waals surface area contributed by atoms with Crippen LogP contribution in [0.3, 0.4) is 0 Å². The molecule has 0 saturated heterocycles. The molecule has 5 nitrogen and oxygen atoms in total.